The molecule has 1 unspecified atom stereocenters. The Hall–Kier alpha value is -1.45. The zero-order valence-electron chi connectivity index (χ0n) is 7.72. The Morgan fingerprint density at radius 2 is 2.07 bits per heavy atom. The summed E-state index contributed by atoms with van der Waals surface area (Å²) in [5.41, 5.74) is 6.66. The molecule has 0 saturated heterocycles. The van der Waals surface area contributed by atoms with Crippen molar-refractivity contribution >= 4 is 10.8 Å². The maximum absolute atomic E-state index is 8.99. The third-order valence-corrected chi connectivity index (χ3v) is 2.30. The molecule has 0 spiro atoms. The molecule has 1 heterocycles. The van der Waals surface area contributed by atoms with Gasteiger partial charge < -0.3 is 10.8 Å². The minimum Gasteiger partial charge on any atom is -0.394 e. The molecule has 3 N–H and O–H groups in total. The predicted molar refractivity (Wildman–Crippen MR) is 55.8 cm³/mol. The van der Waals surface area contributed by atoms with Crippen LogP contribution in [-0.4, -0.2) is 16.7 Å². The number of nitrogens with two attached hydrogens (primary N) is 1. The van der Waals surface area contributed by atoms with Gasteiger partial charge in [0, 0.05) is 17.8 Å². The van der Waals surface area contributed by atoms with Gasteiger partial charge in [0.1, 0.15) is 0 Å². The van der Waals surface area contributed by atoms with Crippen LogP contribution in [0, 0.1) is 0 Å². The van der Waals surface area contributed by atoms with Crippen LogP contribution in [0.5, 0.6) is 0 Å². The Balaban J connectivity index is 2.65. The number of benzene rings is 1. The van der Waals surface area contributed by atoms with Crippen molar-refractivity contribution in [2.75, 3.05) is 6.61 Å². The number of aliphatic hydroxyl groups is 1. The SMILES string of the molecule is NC(CO)c1cncc2ccccc12. The zero-order chi connectivity index (χ0) is 9.97. The van der Waals surface area contributed by atoms with Gasteiger partial charge in [-0.2, -0.15) is 0 Å². The Morgan fingerprint density at radius 1 is 1.29 bits per heavy atom. The number of pyridine rings is 1. The molecule has 1 atom stereocenters. The van der Waals surface area contributed by atoms with Gasteiger partial charge in [0.25, 0.3) is 0 Å². The van der Waals surface area contributed by atoms with Crippen molar-refractivity contribution < 1.29 is 5.11 Å². The number of aliphatic hydroxyl groups excluding tert-OH is 1. The number of nitrogens with zero attached hydrogens (tertiary/aromatic N) is 1. The van der Waals surface area contributed by atoms with Crippen molar-refractivity contribution in [2.24, 2.45) is 5.73 Å². The average molecular weight is 188 g/mol. The van der Waals surface area contributed by atoms with Crippen LogP contribution in [0.4, 0.5) is 0 Å². The maximum Gasteiger partial charge on any atom is 0.0625 e. The highest BCUT2D eigenvalue weighted by atomic mass is 16.3. The van der Waals surface area contributed by atoms with E-state index in [-0.39, 0.29) is 12.6 Å². The second kappa shape index (κ2) is 3.74. The molecule has 0 radical (unpaired) electrons. The highest BCUT2D eigenvalue weighted by molar-refractivity contribution is 5.85. The van der Waals surface area contributed by atoms with Crippen LogP contribution in [0.1, 0.15) is 11.6 Å². The maximum atomic E-state index is 8.99. The van der Waals surface area contributed by atoms with Gasteiger partial charge in [-0.3, -0.25) is 4.98 Å². The first kappa shape index (κ1) is 9.12. The lowest BCUT2D eigenvalue weighted by Gasteiger charge is -2.10. The van der Waals surface area contributed by atoms with E-state index in [1.165, 1.54) is 0 Å². The van der Waals surface area contributed by atoms with E-state index in [2.05, 4.69) is 4.98 Å². The van der Waals surface area contributed by atoms with Gasteiger partial charge in [-0.05, 0) is 10.9 Å². The molecule has 0 saturated carbocycles. The molecule has 2 aromatic rings. The van der Waals surface area contributed by atoms with Crippen LogP contribution in [-0.2, 0) is 0 Å². The molecule has 0 fully saturated rings. The average Bonchev–Trinajstić information content (AvgIpc) is 2.27. The Bertz CT molecular complexity index is 437. The standard InChI is InChI=1S/C11H12N2O/c12-11(7-14)10-6-13-5-8-3-1-2-4-9(8)10/h1-6,11,14H,7,12H2. The number of rotatable bonds is 2. The van der Waals surface area contributed by atoms with Gasteiger partial charge in [0.2, 0.25) is 0 Å². The molecule has 1 aromatic carbocycles. The van der Waals surface area contributed by atoms with Crippen molar-refractivity contribution in [3.05, 3.63) is 42.2 Å². The molecule has 0 bridgehead atoms. The number of hydrogen-bond acceptors (Lipinski definition) is 3. The summed E-state index contributed by atoms with van der Waals surface area (Å²) in [5.74, 6) is 0. The van der Waals surface area contributed by atoms with Crippen molar-refractivity contribution in [3.8, 4) is 0 Å². The van der Waals surface area contributed by atoms with Crippen LogP contribution in [0.15, 0.2) is 36.7 Å². The summed E-state index contributed by atoms with van der Waals surface area (Å²) in [5, 5.41) is 11.1. The molecule has 2 rings (SSSR count). The Labute approximate surface area is 82.2 Å². The van der Waals surface area contributed by atoms with Crippen LogP contribution < -0.4 is 5.73 Å². The molecule has 1 aromatic heterocycles. The molecule has 3 heteroatoms. The molecule has 0 aliphatic rings. The third kappa shape index (κ3) is 1.47. The van der Waals surface area contributed by atoms with Crippen molar-refractivity contribution in [3.63, 3.8) is 0 Å². The summed E-state index contributed by atoms with van der Waals surface area (Å²) < 4.78 is 0. The fraction of sp³-hybridized carbons (Fsp3) is 0.182. The summed E-state index contributed by atoms with van der Waals surface area (Å²) in [4.78, 5) is 4.09. The van der Waals surface area contributed by atoms with Gasteiger partial charge in [0.05, 0.1) is 12.6 Å². The minimum absolute atomic E-state index is 0.0598. The monoisotopic (exact) mass is 188 g/mol. The smallest absolute Gasteiger partial charge is 0.0625 e. The largest absolute Gasteiger partial charge is 0.394 e. The van der Waals surface area contributed by atoms with E-state index >= 15 is 0 Å². The summed E-state index contributed by atoms with van der Waals surface area (Å²) in [6.07, 6.45) is 3.51. The summed E-state index contributed by atoms with van der Waals surface area (Å²) >= 11 is 0. The Kier molecular flexibility index (Phi) is 2.43. The normalized spacial score (nSPS) is 13.0. The fourth-order valence-corrected chi connectivity index (χ4v) is 1.53. The number of fused-ring (bicyclic) bond motifs is 1. The van der Waals surface area contributed by atoms with Crippen molar-refractivity contribution in [1.82, 2.24) is 4.98 Å². The lowest BCUT2D eigenvalue weighted by Crippen LogP contribution is -2.15. The van der Waals surface area contributed by atoms with Crippen molar-refractivity contribution in [1.29, 1.82) is 0 Å². The van der Waals surface area contributed by atoms with Crippen LogP contribution in [0.2, 0.25) is 0 Å². The molecule has 72 valence electrons. The quantitative estimate of drug-likeness (QED) is 0.745. The second-order valence-electron chi connectivity index (χ2n) is 3.24. The van der Waals surface area contributed by atoms with Gasteiger partial charge in [-0.15, -0.1) is 0 Å². The third-order valence-electron chi connectivity index (χ3n) is 2.30. The molecule has 0 amide bonds. The van der Waals surface area contributed by atoms with E-state index in [9.17, 15) is 0 Å². The van der Waals surface area contributed by atoms with Gasteiger partial charge in [-0.1, -0.05) is 24.3 Å². The highest BCUT2D eigenvalue weighted by Crippen LogP contribution is 2.21. The van der Waals surface area contributed by atoms with E-state index in [1.807, 2.05) is 24.3 Å². The lowest BCUT2D eigenvalue weighted by molar-refractivity contribution is 0.268. The van der Waals surface area contributed by atoms with Gasteiger partial charge in [-0.25, -0.2) is 0 Å². The zero-order valence-corrected chi connectivity index (χ0v) is 7.72. The second-order valence-corrected chi connectivity index (χ2v) is 3.24. The molecular formula is C11H12N2O. The first-order valence-corrected chi connectivity index (χ1v) is 4.52. The van der Waals surface area contributed by atoms with E-state index in [0.717, 1.165) is 16.3 Å². The van der Waals surface area contributed by atoms with Crippen LogP contribution >= 0.6 is 0 Å². The first-order chi connectivity index (χ1) is 6.83. The highest BCUT2D eigenvalue weighted by Gasteiger charge is 2.08. The summed E-state index contributed by atoms with van der Waals surface area (Å²) in [7, 11) is 0. The predicted octanol–water partition coefficient (Wildman–Crippen LogP) is 1.23. The molecule has 0 aliphatic heterocycles. The Morgan fingerprint density at radius 3 is 2.86 bits per heavy atom. The van der Waals surface area contributed by atoms with Crippen LogP contribution in [0.3, 0.4) is 0 Å². The molecule has 14 heavy (non-hydrogen) atoms. The molecular weight excluding hydrogens is 176 g/mol. The van der Waals surface area contributed by atoms with E-state index in [4.69, 9.17) is 10.8 Å². The lowest BCUT2D eigenvalue weighted by atomic mass is 10.0. The van der Waals surface area contributed by atoms with E-state index in [1.54, 1.807) is 12.4 Å². The topological polar surface area (TPSA) is 59.1 Å². The van der Waals surface area contributed by atoms with Gasteiger partial charge >= 0.3 is 0 Å². The van der Waals surface area contributed by atoms with E-state index < -0.39 is 0 Å². The van der Waals surface area contributed by atoms with Crippen molar-refractivity contribution in [2.45, 2.75) is 6.04 Å². The molecule has 0 aliphatic carbocycles. The fourth-order valence-electron chi connectivity index (χ4n) is 1.53. The summed E-state index contributed by atoms with van der Waals surface area (Å²) in [6, 6.07) is 7.53. The van der Waals surface area contributed by atoms with Crippen LogP contribution in [0.25, 0.3) is 10.8 Å². The first-order valence-electron chi connectivity index (χ1n) is 4.52. The number of hydrogen-bond donors (Lipinski definition) is 2. The number of aromatic nitrogens is 1. The molecule has 3 nitrogen and oxygen atoms in total. The van der Waals surface area contributed by atoms with Gasteiger partial charge in [0.15, 0.2) is 0 Å². The van der Waals surface area contributed by atoms with E-state index in [0.29, 0.717) is 0 Å². The minimum atomic E-state index is -0.353. The summed E-state index contributed by atoms with van der Waals surface area (Å²) in [6.45, 7) is -0.0598.